The SMILES string of the molecule is C[C@H](NC(=O)/C=C/c1cc(F)ccc1F)c1cccc(N2CCN(c3ccccn3)CC2)c1. The van der Waals surface area contributed by atoms with E-state index in [0.29, 0.717) is 0 Å². The number of aromatic nitrogens is 1. The smallest absolute Gasteiger partial charge is 0.244 e. The average molecular weight is 449 g/mol. The molecule has 1 atom stereocenters. The molecule has 4 rings (SSSR count). The number of hydrogen-bond donors (Lipinski definition) is 1. The number of carbonyl (C=O) groups excluding carboxylic acids is 1. The van der Waals surface area contributed by atoms with Gasteiger partial charge in [0.2, 0.25) is 5.91 Å². The van der Waals surface area contributed by atoms with Crippen molar-refractivity contribution in [1.82, 2.24) is 10.3 Å². The Bertz CT molecular complexity index is 1130. The van der Waals surface area contributed by atoms with Gasteiger partial charge in [0, 0.05) is 49.7 Å². The van der Waals surface area contributed by atoms with Crippen LogP contribution < -0.4 is 15.1 Å². The third-order valence-electron chi connectivity index (χ3n) is 5.72. The molecule has 0 unspecified atom stereocenters. The van der Waals surface area contributed by atoms with Gasteiger partial charge < -0.3 is 15.1 Å². The van der Waals surface area contributed by atoms with Crippen molar-refractivity contribution < 1.29 is 13.6 Å². The molecule has 33 heavy (non-hydrogen) atoms. The molecule has 7 heteroatoms. The Labute approximate surface area is 192 Å². The standard InChI is InChI=1S/C26H26F2N4O/c1-19(30-26(33)11-8-21-17-22(27)9-10-24(21)28)20-5-4-6-23(18-20)31-13-15-32(16-14-31)25-7-2-3-12-29-25/h2-12,17-19H,13-16H2,1H3,(H,30,33)/b11-8+/t19-/m0/s1. The molecule has 1 N–H and O–H groups in total. The van der Waals surface area contributed by atoms with Crippen LogP contribution in [0.1, 0.15) is 24.1 Å². The number of carbonyl (C=O) groups is 1. The summed E-state index contributed by atoms with van der Waals surface area (Å²) in [5.74, 6) is -0.513. The second kappa shape index (κ2) is 10.3. The van der Waals surface area contributed by atoms with Crippen molar-refractivity contribution in [2.24, 2.45) is 0 Å². The molecule has 0 spiro atoms. The van der Waals surface area contributed by atoms with Gasteiger partial charge >= 0.3 is 0 Å². The van der Waals surface area contributed by atoms with Gasteiger partial charge in [-0.1, -0.05) is 18.2 Å². The number of nitrogens with one attached hydrogen (secondary N) is 1. The van der Waals surface area contributed by atoms with Crippen molar-refractivity contribution in [3.63, 3.8) is 0 Å². The highest BCUT2D eigenvalue weighted by Gasteiger charge is 2.19. The summed E-state index contributed by atoms with van der Waals surface area (Å²) in [5.41, 5.74) is 2.11. The molecule has 2 aromatic carbocycles. The van der Waals surface area contributed by atoms with Crippen LogP contribution in [0.5, 0.6) is 0 Å². The maximum Gasteiger partial charge on any atom is 0.244 e. The van der Waals surface area contributed by atoms with Crippen LogP contribution in [0.25, 0.3) is 6.08 Å². The third-order valence-corrected chi connectivity index (χ3v) is 5.72. The van der Waals surface area contributed by atoms with Crippen molar-refractivity contribution in [3.8, 4) is 0 Å². The zero-order valence-corrected chi connectivity index (χ0v) is 18.4. The van der Waals surface area contributed by atoms with Crippen molar-refractivity contribution >= 4 is 23.5 Å². The fourth-order valence-corrected chi connectivity index (χ4v) is 3.88. The number of halogens is 2. The molecule has 0 bridgehead atoms. The molecular weight excluding hydrogens is 422 g/mol. The van der Waals surface area contributed by atoms with Gasteiger partial charge in [0.1, 0.15) is 17.5 Å². The highest BCUT2D eigenvalue weighted by molar-refractivity contribution is 5.92. The summed E-state index contributed by atoms with van der Waals surface area (Å²) >= 11 is 0. The summed E-state index contributed by atoms with van der Waals surface area (Å²) in [4.78, 5) is 21.3. The second-order valence-corrected chi connectivity index (χ2v) is 7.99. The molecule has 1 aliphatic rings. The molecule has 1 amide bonds. The third kappa shape index (κ3) is 5.74. The number of amides is 1. The maximum absolute atomic E-state index is 13.7. The van der Waals surface area contributed by atoms with Gasteiger partial charge in [0.05, 0.1) is 6.04 Å². The molecule has 3 aromatic rings. The number of piperazine rings is 1. The summed E-state index contributed by atoms with van der Waals surface area (Å²) in [5, 5.41) is 2.88. The molecule has 0 aliphatic carbocycles. The van der Waals surface area contributed by atoms with E-state index in [1.54, 1.807) is 0 Å². The molecule has 1 fully saturated rings. The normalized spacial score (nSPS) is 15.0. The zero-order valence-electron chi connectivity index (χ0n) is 18.4. The van der Waals surface area contributed by atoms with Crippen molar-refractivity contribution in [3.05, 3.63) is 95.7 Å². The lowest BCUT2D eigenvalue weighted by Gasteiger charge is -2.37. The van der Waals surface area contributed by atoms with Crippen molar-refractivity contribution in [2.75, 3.05) is 36.0 Å². The van der Waals surface area contributed by atoms with E-state index in [2.05, 4.69) is 32.2 Å². The monoisotopic (exact) mass is 448 g/mol. The lowest BCUT2D eigenvalue weighted by molar-refractivity contribution is -0.117. The molecule has 170 valence electrons. The Morgan fingerprint density at radius 2 is 1.79 bits per heavy atom. The first kappa shape index (κ1) is 22.5. The zero-order chi connectivity index (χ0) is 23.2. The number of nitrogens with zero attached hydrogens (tertiary/aromatic N) is 3. The first-order chi connectivity index (χ1) is 16.0. The molecule has 1 saturated heterocycles. The Kier molecular flexibility index (Phi) is 6.98. The van der Waals surface area contributed by atoms with Gasteiger partial charge in [-0.05, 0) is 61.0 Å². The molecule has 1 aliphatic heterocycles. The fraction of sp³-hybridized carbons (Fsp3) is 0.231. The minimum Gasteiger partial charge on any atom is -0.368 e. The van der Waals surface area contributed by atoms with E-state index >= 15 is 0 Å². The van der Waals surface area contributed by atoms with Gasteiger partial charge in [-0.2, -0.15) is 0 Å². The highest BCUT2D eigenvalue weighted by Crippen LogP contribution is 2.23. The Hall–Kier alpha value is -3.74. The van der Waals surface area contributed by atoms with Crippen LogP contribution in [0.2, 0.25) is 0 Å². The number of benzene rings is 2. The predicted molar refractivity (Wildman–Crippen MR) is 127 cm³/mol. The van der Waals surface area contributed by atoms with Crippen LogP contribution in [-0.4, -0.2) is 37.1 Å². The van der Waals surface area contributed by atoms with Gasteiger partial charge in [-0.25, -0.2) is 13.8 Å². The lowest BCUT2D eigenvalue weighted by Crippen LogP contribution is -2.46. The van der Waals surface area contributed by atoms with E-state index in [1.807, 2.05) is 43.5 Å². The predicted octanol–water partition coefficient (Wildman–Crippen LogP) is 4.58. The summed E-state index contributed by atoms with van der Waals surface area (Å²) in [6.45, 7) is 5.42. The number of hydrogen-bond acceptors (Lipinski definition) is 4. The van der Waals surface area contributed by atoms with Gasteiger partial charge in [-0.3, -0.25) is 4.79 Å². The van der Waals surface area contributed by atoms with Gasteiger partial charge in [0.15, 0.2) is 0 Å². The minimum absolute atomic E-state index is 0.0321. The molecule has 0 saturated carbocycles. The Balaban J connectivity index is 1.36. The van der Waals surface area contributed by atoms with Crippen LogP contribution >= 0.6 is 0 Å². The number of pyridine rings is 1. The average Bonchev–Trinajstić information content (AvgIpc) is 2.85. The molecule has 5 nitrogen and oxygen atoms in total. The van der Waals surface area contributed by atoms with E-state index in [9.17, 15) is 13.6 Å². The Morgan fingerprint density at radius 3 is 2.55 bits per heavy atom. The molecule has 1 aromatic heterocycles. The maximum atomic E-state index is 13.7. The van der Waals surface area contributed by atoms with Crippen molar-refractivity contribution in [2.45, 2.75) is 13.0 Å². The number of rotatable bonds is 6. The van der Waals surface area contributed by atoms with E-state index in [1.165, 1.54) is 12.2 Å². The first-order valence-corrected chi connectivity index (χ1v) is 10.9. The van der Waals surface area contributed by atoms with E-state index in [4.69, 9.17) is 0 Å². The summed E-state index contributed by atoms with van der Waals surface area (Å²) < 4.78 is 27.0. The second-order valence-electron chi connectivity index (χ2n) is 7.99. The van der Waals surface area contributed by atoms with Crippen LogP contribution in [-0.2, 0) is 4.79 Å². The Morgan fingerprint density at radius 1 is 1.00 bits per heavy atom. The van der Waals surface area contributed by atoms with Crippen LogP contribution in [0, 0.1) is 11.6 Å². The van der Waals surface area contributed by atoms with E-state index < -0.39 is 11.6 Å². The largest absolute Gasteiger partial charge is 0.368 e. The van der Waals surface area contributed by atoms with Gasteiger partial charge in [-0.15, -0.1) is 0 Å². The van der Waals surface area contributed by atoms with E-state index in [-0.39, 0.29) is 17.5 Å². The van der Waals surface area contributed by atoms with E-state index in [0.717, 1.165) is 61.4 Å². The summed E-state index contributed by atoms with van der Waals surface area (Å²) in [6.07, 6.45) is 4.30. The number of anilines is 2. The first-order valence-electron chi connectivity index (χ1n) is 10.9. The molecular formula is C26H26F2N4O. The van der Waals surface area contributed by atoms with Crippen molar-refractivity contribution in [1.29, 1.82) is 0 Å². The topological polar surface area (TPSA) is 48.5 Å². The van der Waals surface area contributed by atoms with Gasteiger partial charge in [0.25, 0.3) is 0 Å². The van der Waals surface area contributed by atoms with Crippen LogP contribution in [0.4, 0.5) is 20.3 Å². The summed E-state index contributed by atoms with van der Waals surface area (Å²) in [7, 11) is 0. The fourth-order valence-electron chi connectivity index (χ4n) is 3.88. The minimum atomic E-state index is -0.579. The molecule has 0 radical (unpaired) electrons. The quantitative estimate of drug-likeness (QED) is 0.561. The molecule has 2 heterocycles. The van der Waals surface area contributed by atoms with Crippen LogP contribution in [0.15, 0.2) is 72.9 Å². The lowest BCUT2D eigenvalue weighted by atomic mass is 10.1. The summed E-state index contributed by atoms with van der Waals surface area (Å²) in [6, 6.07) is 16.9. The highest BCUT2D eigenvalue weighted by atomic mass is 19.1. The van der Waals surface area contributed by atoms with Crippen LogP contribution in [0.3, 0.4) is 0 Å².